The van der Waals surface area contributed by atoms with Gasteiger partial charge < -0.3 is 11.1 Å². The number of amides is 1. The number of anilines is 1. The second-order valence-electron chi connectivity index (χ2n) is 3.41. The van der Waals surface area contributed by atoms with Gasteiger partial charge in [0.1, 0.15) is 5.82 Å². The third-order valence-electron chi connectivity index (χ3n) is 2.41. The molecule has 0 fully saturated rings. The van der Waals surface area contributed by atoms with Crippen LogP contribution in [-0.2, 0) is 11.2 Å². The summed E-state index contributed by atoms with van der Waals surface area (Å²) in [4.78, 5) is 11.3. The molecule has 1 aromatic rings. The largest absolute Gasteiger partial charge is 0.322 e. The van der Waals surface area contributed by atoms with E-state index in [0.29, 0.717) is 12.8 Å². The molecule has 1 amide bonds. The van der Waals surface area contributed by atoms with Crippen molar-refractivity contribution in [2.45, 2.75) is 18.9 Å². The molecule has 0 radical (unpaired) electrons. The van der Waals surface area contributed by atoms with Crippen molar-refractivity contribution in [2.75, 3.05) is 5.32 Å². The standard InChI is InChI=1S/C10H11FN2O/c11-7-3-1-2-6-4-5-8(12)10(14)13-9(6)7/h1-3,8H,4-5,12H2,(H,13,14)/t8-/m1/s1. The molecule has 2 rings (SSSR count). The maximum Gasteiger partial charge on any atom is 0.241 e. The number of rotatable bonds is 0. The van der Waals surface area contributed by atoms with Gasteiger partial charge in [-0.05, 0) is 24.5 Å². The zero-order chi connectivity index (χ0) is 10.1. The van der Waals surface area contributed by atoms with Gasteiger partial charge in [0.15, 0.2) is 0 Å². The van der Waals surface area contributed by atoms with Gasteiger partial charge in [0.25, 0.3) is 0 Å². The van der Waals surface area contributed by atoms with E-state index in [1.165, 1.54) is 6.07 Å². The highest BCUT2D eigenvalue weighted by atomic mass is 19.1. The summed E-state index contributed by atoms with van der Waals surface area (Å²) in [6.45, 7) is 0. The summed E-state index contributed by atoms with van der Waals surface area (Å²) in [5.74, 6) is -0.709. The van der Waals surface area contributed by atoms with Crippen LogP contribution in [0.1, 0.15) is 12.0 Å². The highest BCUT2D eigenvalue weighted by Crippen LogP contribution is 2.24. The number of fused-ring (bicyclic) bond motifs is 1. The number of hydrogen-bond donors (Lipinski definition) is 2. The Morgan fingerprint density at radius 3 is 3.07 bits per heavy atom. The minimum atomic E-state index is -0.540. The quantitative estimate of drug-likeness (QED) is 0.648. The topological polar surface area (TPSA) is 55.1 Å². The van der Waals surface area contributed by atoms with E-state index in [2.05, 4.69) is 5.32 Å². The molecule has 14 heavy (non-hydrogen) atoms. The predicted molar refractivity (Wildman–Crippen MR) is 51.3 cm³/mol. The lowest BCUT2D eigenvalue weighted by atomic mass is 10.1. The van der Waals surface area contributed by atoms with Crippen LogP contribution in [0.5, 0.6) is 0 Å². The van der Waals surface area contributed by atoms with Gasteiger partial charge in [-0.15, -0.1) is 0 Å². The van der Waals surface area contributed by atoms with Crippen LogP contribution < -0.4 is 11.1 Å². The van der Waals surface area contributed by atoms with Crippen LogP contribution in [0, 0.1) is 5.82 Å². The number of aryl methyl sites for hydroxylation is 1. The molecule has 0 aromatic heterocycles. The van der Waals surface area contributed by atoms with Crippen LogP contribution in [0.15, 0.2) is 18.2 Å². The molecule has 0 saturated carbocycles. The van der Waals surface area contributed by atoms with E-state index in [-0.39, 0.29) is 11.6 Å². The van der Waals surface area contributed by atoms with Crippen molar-refractivity contribution in [3.8, 4) is 0 Å². The Bertz CT molecular complexity index is 378. The van der Waals surface area contributed by atoms with Gasteiger partial charge in [0, 0.05) is 0 Å². The van der Waals surface area contributed by atoms with Crippen LogP contribution >= 0.6 is 0 Å². The molecule has 1 atom stereocenters. The maximum atomic E-state index is 13.3. The lowest BCUT2D eigenvalue weighted by Crippen LogP contribution is -2.34. The van der Waals surface area contributed by atoms with E-state index in [0.717, 1.165) is 5.56 Å². The molecule has 0 unspecified atom stereocenters. The highest BCUT2D eigenvalue weighted by molar-refractivity contribution is 5.96. The molecule has 0 saturated heterocycles. The Morgan fingerprint density at radius 1 is 1.50 bits per heavy atom. The van der Waals surface area contributed by atoms with Crippen LogP contribution in [0.2, 0.25) is 0 Å². The summed E-state index contributed by atoms with van der Waals surface area (Å²) >= 11 is 0. The lowest BCUT2D eigenvalue weighted by Gasteiger charge is -2.07. The van der Waals surface area contributed by atoms with Crippen LogP contribution in [-0.4, -0.2) is 11.9 Å². The first kappa shape index (κ1) is 9.15. The maximum absolute atomic E-state index is 13.3. The summed E-state index contributed by atoms with van der Waals surface area (Å²) in [6.07, 6.45) is 1.19. The number of para-hydroxylation sites is 1. The molecule has 3 N–H and O–H groups in total. The molecule has 1 aliphatic heterocycles. The van der Waals surface area contributed by atoms with E-state index in [1.807, 2.05) is 0 Å². The molecule has 0 bridgehead atoms. The average Bonchev–Trinajstić information content (AvgIpc) is 2.30. The van der Waals surface area contributed by atoms with Gasteiger partial charge in [-0.25, -0.2) is 4.39 Å². The fourth-order valence-electron chi connectivity index (χ4n) is 1.58. The van der Waals surface area contributed by atoms with Crippen molar-refractivity contribution in [3.63, 3.8) is 0 Å². The van der Waals surface area contributed by atoms with Crippen LogP contribution in [0.3, 0.4) is 0 Å². The Labute approximate surface area is 81.1 Å². The monoisotopic (exact) mass is 194 g/mol. The number of carbonyl (C=O) groups is 1. The lowest BCUT2D eigenvalue weighted by molar-refractivity contribution is -0.117. The molecule has 3 nitrogen and oxygen atoms in total. The van der Waals surface area contributed by atoms with E-state index in [9.17, 15) is 9.18 Å². The van der Waals surface area contributed by atoms with E-state index in [1.54, 1.807) is 12.1 Å². The van der Waals surface area contributed by atoms with E-state index in [4.69, 9.17) is 5.73 Å². The number of benzene rings is 1. The van der Waals surface area contributed by atoms with Crippen molar-refractivity contribution in [1.82, 2.24) is 0 Å². The fourth-order valence-corrected chi connectivity index (χ4v) is 1.58. The van der Waals surface area contributed by atoms with Gasteiger partial charge in [-0.1, -0.05) is 12.1 Å². The molecule has 4 heteroatoms. The van der Waals surface area contributed by atoms with Gasteiger partial charge >= 0.3 is 0 Å². The molecule has 0 spiro atoms. The highest BCUT2D eigenvalue weighted by Gasteiger charge is 2.21. The summed E-state index contributed by atoms with van der Waals surface area (Å²) in [7, 11) is 0. The SMILES string of the molecule is N[C@@H]1CCc2cccc(F)c2NC1=O. The van der Waals surface area contributed by atoms with Crippen molar-refractivity contribution in [3.05, 3.63) is 29.6 Å². The second kappa shape index (κ2) is 3.38. The predicted octanol–water partition coefficient (Wildman–Crippen LogP) is 1.04. The minimum absolute atomic E-state index is 0.283. The summed E-state index contributed by atoms with van der Waals surface area (Å²) in [5, 5.41) is 2.50. The Morgan fingerprint density at radius 2 is 2.29 bits per heavy atom. The number of hydrogen-bond acceptors (Lipinski definition) is 2. The third kappa shape index (κ3) is 1.48. The van der Waals surface area contributed by atoms with Crippen molar-refractivity contribution >= 4 is 11.6 Å². The molecule has 74 valence electrons. The minimum Gasteiger partial charge on any atom is -0.322 e. The number of halogens is 1. The first-order chi connectivity index (χ1) is 6.68. The molecular formula is C10H11FN2O. The molecular weight excluding hydrogens is 183 g/mol. The molecule has 0 aliphatic carbocycles. The van der Waals surface area contributed by atoms with Gasteiger partial charge in [-0.2, -0.15) is 0 Å². The summed E-state index contributed by atoms with van der Waals surface area (Å²) < 4.78 is 13.3. The second-order valence-corrected chi connectivity index (χ2v) is 3.41. The molecule has 1 heterocycles. The first-order valence-corrected chi connectivity index (χ1v) is 4.52. The van der Waals surface area contributed by atoms with Gasteiger partial charge in [-0.3, -0.25) is 4.79 Å². The smallest absolute Gasteiger partial charge is 0.241 e. The van der Waals surface area contributed by atoms with Gasteiger partial charge in [0.2, 0.25) is 5.91 Å². The van der Waals surface area contributed by atoms with E-state index < -0.39 is 11.9 Å². The van der Waals surface area contributed by atoms with Crippen molar-refractivity contribution in [1.29, 1.82) is 0 Å². The Hall–Kier alpha value is -1.42. The zero-order valence-corrected chi connectivity index (χ0v) is 7.59. The van der Waals surface area contributed by atoms with Crippen LogP contribution in [0.4, 0.5) is 10.1 Å². The number of nitrogens with two attached hydrogens (primary N) is 1. The number of nitrogens with one attached hydrogen (secondary N) is 1. The Balaban J connectivity index is 2.43. The zero-order valence-electron chi connectivity index (χ0n) is 7.59. The molecule has 1 aromatic carbocycles. The normalized spacial score (nSPS) is 21.0. The summed E-state index contributed by atoms with van der Waals surface area (Å²) in [5.41, 5.74) is 6.67. The third-order valence-corrected chi connectivity index (χ3v) is 2.41. The molecule has 1 aliphatic rings. The number of carbonyl (C=O) groups excluding carboxylic acids is 1. The fraction of sp³-hybridized carbons (Fsp3) is 0.300. The summed E-state index contributed by atoms with van der Waals surface area (Å²) in [6, 6.07) is 4.23. The van der Waals surface area contributed by atoms with Crippen molar-refractivity contribution < 1.29 is 9.18 Å². The Kier molecular flexibility index (Phi) is 2.21. The van der Waals surface area contributed by atoms with Crippen LogP contribution in [0.25, 0.3) is 0 Å². The first-order valence-electron chi connectivity index (χ1n) is 4.52. The van der Waals surface area contributed by atoms with Crippen molar-refractivity contribution in [2.24, 2.45) is 5.73 Å². The average molecular weight is 194 g/mol. The van der Waals surface area contributed by atoms with Gasteiger partial charge in [0.05, 0.1) is 11.7 Å². The van der Waals surface area contributed by atoms with E-state index >= 15 is 0 Å².